The van der Waals surface area contributed by atoms with Gasteiger partial charge in [0.2, 0.25) is 12.3 Å². The van der Waals surface area contributed by atoms with Crippen molar-refractivity contribution in [1.29, 1.82) is 0 Å². The molecule has 0 N–H and O–H groups in total. The lowest BCUT2D eigenvalue weighted by molar-refractivity contribution is 0.0611. The summed E-state index contributed by atoms with van der Waals surface area (Å²) in [4.78, 5) is 9.77. The zero-order valence-electron chi connectivity index (χ0n) is 8.23. The van der Waals surface area contributed by atoms with Crippen molar-refractivity contribution in [2.75, 3.05) is 25.1 Å². The van der Waals surface area contributed by atoms with Crippen LogP contribution in [0, 0.1) is 5.92 Å². The molecule has 1 aliphatic heterocycles. The first-order valence-electron chi connectivity index (χ1n) is 4.60. The van der Waals surface area contributed by atoms with Crippen LogP contribution < -0.4 is 9.64 Å². The van der Waals surface area contributed by atoms with Gasteiger partial charge in [-0.15, -0.1) is 0 Å². The van der Waals surface area contributed by atoms with Gasteiger partial charge in [-0.1, -0.05) is 0 Å². The predicted molar refractivity (Wildman–Crippen MR) is 50.3 cm³/mol. The molecule has 15 heavy (non-hydrogen) atoms. The molecule has 2 heterocycles. The molecule has 1 aromatic rings. The number of halogens is 2. The van der Waals surface area contributed by atoms with E-state index in [1.807, 2.05) is 0 Å². The van der Waals surface area contributed by atoms with Crippen LogP contribution in [0.15, 0.2) is 12.4 Å². The Morgan fingerprint density at radius 1 is 1.47 bits per heavy atom. The number of hydrogen-bond donors (Lipinski definition) is 0. The SMILES string of the molecule is COc1cncc(N2CC(C(F)F)C2)n1. The first-order valence-corrected chi connectivity index (χ1v) is 4.60. The Morgan fingerprint density at radius 3 is 2.80 bits per heavy atom. The molecule has 0 radical (unpaired) electrons. The third-order valence-electron chi connectivity index (χ3n) is 2.40. The number of nitrogens with zero attached hydrogens (tertiary/aromatic N) is 3. The van der Waals surface area contributed by atoms with E-state index in [-0.39, 0.29) is 0 Å². The third-order valence-corrected chi connectivity index (χ3v) is 2.40. The quantitative estimate of drug-likeness (QED) is 0.759. The summed E-state index contributed by atoms with van der Waals surface area (Å²) in [7, 11) is 1.49. The van der Waals surface area contributed by atoms with Gasteiger partial charge in [0.1, 0.15) is 0 Å². The van der Waals surface area contributed by atoms with Gasteiger partial charge in [0.25, 0.3) is 0 Å². The summed E-state index contributed by atoms with van der Waals surface area (Å²) in [6.07, 6.45) is 0.776. The molecule has 2 rings (SSSR count). The Labute approximate surface area is 85.9 Å². The molecule has 0 bridgehead atoms. The molecule has 1 aromatic heterocycles. The molecule has 1 aliphatic rings. The minimum Gasteiger partial charge on any atom is -0.480 e. The van der Waals surface area contributed by atoms with Gasteiger partial charge in [-0.2, -0.15) is 4.98 Å². The number of alkyl halides is 2. The molecule has 82 valence electrons. The summed E-state index contributed by atoms with van der Waals surface area (Å²) < 4.78 is 29.4. The molecule has 1 saturated heterocycles. The number of anilines is 1. The Hall–Kier alpha value is -1.46. The fourth-order valence-corrected chi connectivity index (χ4v) is 1.45. The molecule has 0 aliphatic carbocycles. The van der Waals surface area contributed by atoms with E-state index in [9.17, 15) is 8.78 Å². The average Bonchev–Trinajstić information content (AvgIpc) is 2.15. The monoisotopic (exact) mass is 215 g/mol. The van der Waals surface area contributed by atoms with E-state index in [0.717, 1.165) is 0 Å². The van der Waals surface area contributed by atoms with E-state index in [2.05, 4.69) is 9.97 Å². The zero-order chi connectivity index (χ0) is 10.8. The van der Waals surface area contributed by atoms with Gasteiger partial charge in [-0.3, -0.25) is 4.98 Å². The van der Waals surface area contributed by atoms with Gasteiger partial charge < -0.3 is 9.64 Å². The molecule has 0 spiro atoms. The first-order chi connectivity index (χ1) is 7.20. The van der Waals surface area contributed by atoms with Gasteiger partial charge in [0.05, 0.1) is 25.4 Å². The number of methoxy groups -OCH3 is 1. The lowest BCUT2D eigenvalue weighted by atomic mass is 10.0. The van der Waals surface area contributed by atoms with Crippen LogP contribution in [0.1, 0.15) is 0 Å². The van der Waals surface area contributed by atoms with E-state index >= 15 is 0 Å². The van der Waals surface area contributed by atoms with Crippen molar-refractivity contribution in [3.05, 3.63) is 12.4 Å². The molecular formula is C9H11F2N3O. The standard InChI is InChI=1S/C9H11F2N3O/c1-15-8-3-12-2-7(13-8)14-4-6(5-14)9(10)11/h2-3,6,9H,4-5H2,1H3. The Morgan fingerprint density at radius 2 is 2.20 bits per heavy atom. The highest BCUT2D eigenvalue weighted by atomic mass is 19.3. The highest BCUT2D eigenvalue weighted by molar-refractivity contribution is 5.40. The van der Waals surface area contributed by atoms with E-state index in [1.54, 1.807) is 11.1 Å². The van der Waals surface area contributed by atoms with Crippen LogP contribution in [0.5, 0.6) is 5.88 Å². The molecule has 0 unspecified atom stereocenters. The van der Waals surface area contributed by atoms with Crippen LogP contribution in [0.4, 0.5) is 14.6 Å². The molecule has 6 heteroatoms. The largest absolute Gasteiger partial charge is 0.480 e. The molecule has 0 aromatic carbocycles. The summed E-state index contributed by atoms with van der Waals surface area (Å²) >= 11 is 0. The van der Waals surface area contributed by atoms with Crippen molar-refractivity contribution in [1.82, 2.24) is 9.97 Å². The van der Waals surface area contributed by atoms with Crippen molar-refractivity contribution in [2.24, 2.45) is 5.92 Å². The molecule has 0 amide bonds. The number of hydrogen-bond acceptors (Lipinski definition) is 4. The summed E-state index contributed by atoms with van der Waals surface area (Å²) in [5, 5.41) is 0. The molecule has 0 atom stereocenters. The lowest BCUT2D eigenvalue weighted by Gasteiger charge is -2.39. The summed E-state index contributed by atoms with van der Waals surface area (Å²) in [5.74, 6) is 0.442. The van der Waals surface area contributed by atoms with Crippen LogP contribution in [-0.4, -0.2) is 36.6 Å². The molecule has 4 nitrogen and oxygen atoms in total. The molecule has 1 fully saturated rings. The maximum absolute atomic E-state index is 12.2. The summed E-state index contributed by atoms with van der Waals surface area (Å²) in [6.45, 7) is 0.666. The second kappa shape index (κ2) is 3.96. The van der Waals surface area contributed by atoms with Gasteiger partial charge >= 0.3 is 0 Å². The minimum atomic E-state index is -2.25. The van der Waals surface area contributed by atoms with Crippen LogP contribution in [-0.2, 0) is 0 Å². The Balaban J connectivity index is 2.00. The molecule has 0 saturated carbocycles. The van der Waals surface area contributed by atoms with Gasteiger partial charge in [0.15, 0.2) is 5.82 Å². The van der Waals surface area contributed by atoms with E-state index in [4.69, 9.17) is 4.74 Å². The Kier molecular flexibility index (Phi) is 2.66. The van der Waals surface area contributed by atoms with Crippen LogP contribution in [0.3, 0.4) is 0 Å². The van der Waals surface area contributed by atoms with Crippen molar-refractivity contribution in [2.45, 2.75) is 6.43 Å². The number of aromatic nitrogens is 2. The number of rotatable bonds is 3. The van der Waals surface area contributed by atoms with E-state index < -0.39 is 12.3 Å². The molecular weight excluding hydrogens is 204 g/mol. The van der Waals surface area contributed by atoms with Crippen molar-refractivity contribution >= 4 is 5.82 Å². The van der Waals surface area contributed by atoms with Crippen LogP contribution in [0.25, 0.3) is 0 Å². The minimum absolute atomic E-state index is 0.333. The van der Waals surface area contributed by atoms with E-state index in [1.165, 1.54) is 13.3 Å². The van der Waals surface area contributed by atoms with E-state index in [0.29, 0.717) is 24.8 Å². The fourth-order valence-electron chi connectivity index (χ4n) is 1.45. The summed E-state index contributed by atoms with van der Waals surface area (Å²) in [6, 6.07) is 0. The maximum atomic E-state index is 12.2. The van der Waals surface area contributed by atoms with Crippen molar-refractivity contribution in [3.8, 4) is 5.88 Å². The summed E-state index contributed by atoms with van der Waals surface area (Å²) in [5.41, 5.74) is 0. The number of ether oxygens (including phenoxy) is 1. The fraction of sp³-hybridized carbons (Fsp3) is 0.556. The van der Waals surface area contributed by atoms with Crippen molar-refractivity contribution < 1.29 is 13.5 Å². The van der Waals surface area contributed by atoms with Gasteiger partial charge in [-0.25, -0.2) is 8.78 Å². The van der Waals surface area contributed by atoms with Crippen LogP contribution >= 0.6 is 0 Å². The van der Waals surface area contributed by atoms with Gasteiger partial charge in [-0.05, 0) is 0 Å². The maximum Gasteiger partial charge on any atom is 0.244 e. The lowest BCUT2D eigenvalue weighted by Crippen LogP contribution is -2.50. The smallest absolute Gasteiger partial charge is 0.244 e. The zero-order valence-corrected chi connectivity index (χ0v) is 8.23. The highest BCUT2D eigenvalue weighted by Crippen LogP contribution is 2.27. The predicted octanol–water partition coefficient (Wildman–Crippen LogP) is 1.19. The van der Waals surface area contributed by atoms with Crippen LogP contribution in [0.2, 0.25) is 0 Å². The Bertz CT molecular complexity index is 342. The van der Waals surface area contributed by atoms with Gasteiger partial charge in [0, 0.05) is 13.1 Å². The average molecular weight is 215 g/mol. The van der Waals surface area contributed by atoms with Crippen molar-refractivity contribution in [3.63, 3.8) is 0 Å². The topological polar surface area (TPSA) is 38.2 Å². The second-order valence-corrected chi connectivity index (χ2v) is 3.42. The second-order valence-electron chi connectivity index (χ2n) is 3.42. The third kappa shape index (κ3) is 1.98. The normalized spacial score (nSPS) is 16.7. The highest BCUT2D eigenvalue weighted by Gasteiger charge is 2.34. The first kappa shape index (κ1) is 10.1.